The van der Waals surface area contributed by atoms with Crippen molar-refractivity contribution in [1.82, 2.24) is 9.97 Å². The maximum Gasteiger partial charge on any atom is 0.287 e. The van der Waals surface area contributed by atoms with Gasteiger partial charge in [-0.3, -0.25) is 20.1 Å². The van der Waals surface area contributed by atoms with Gasteiger partial charge in [0.2, 0.25) is 0 Å². The summed E-state index contributed by atoms with van der Waals surface area (Å²) >= 11 is 0. The molecule has 0 bridgehead atoms. The third-order valence-corrected chi connectivity index (χ3v) is 2.62. The van der Waals surface area contributed by atoms with Crippen LogP contribution in [-0.2, 0) is 6.54 Å². The highest BCUT2D eigenvalue weighted by Crippen LogP contribution is 2.22. The topological polar surface area (TPSA) is 105 Å². The number of nitro benzene ring substituents is 1. The zero-order valence-electron chi connectivity index (χ0n) is 10.7. The van der Waals surface area contributed by atoms with Crippen LogP contribution in [0.25, 0.3) is 0 Å². The van der Waals surface area contributed by atoms with Crippen LogP contribution in [0.5, 0.6) is 0 Å². The zero-order valence-corrected chi connectivity index (χ0v) is 10.7. The maximum atomic E-state index is 10.7. The van der Waals surface area contributed by atoms with Crippen LogP contribution in [0.4, 0.5) is 11.4 Å². The van der Waals surface area contributed by atoms with Crippen LogP contribution in [0.1, 0.15) is 17.0 Å². The fourth-order valence-electron chi connectivity index (χ4n) is 1.60. The number of nitrogens with one attached hydrogen (secondary N) is 1. The van der Waals surface area contributed by atoms with Gasteiger partial charge in [-0.25, -0.2) is 0 Å². The Morgan fingerprint density at radius 3 is 2.80 bits per heavy atom. The van der Waals surface area contributed by atoms with Crippen molar-refractivity contribution in [2.24, 2.45) is 0 Å². The molecule has 1 heterocycles. The summed E-state index contributed by atoms with van der Waals surface area (Å²) in [5.41, 5.74) is 2.01. The minimum Gasteiger partial charge on any atom is -0.379 e. The normalized spacial score (nSPS) is 9.80. The monoisotopic (exact) mass is 269 g/mol. The summed E-state index contributed by atoms with van der Waals surface area (Å²) in [4.78, 5) is 18.4. The van der Waals surface area contributed by atoms with E-state index in [1.807, 2.05) is 13.0 Å². The lowest BCUT2D eigenvalue weighted by atomic mass is 10.1. The Balaban J connectivity index is 2.12. The molecule has 0 fully saturated rings. The van der Waals surface area contributed by atoms with Gasteiger partial charge in [0, 0.05) is 18.0 Å². The number of benzene rings is 1. The average Bonchev–Trinajstić information content (AvgIpc) is 2.46. The molecular weight excluding hydrogens is 258 g/mol. The molecule has 7 heteroatoms. The van der Waals surface area contributed by atoms with Crippen LogP contribution >= 0.6 is 0 Å². The van der Waals surface area contributed by atoms with Crippen molar-refractivity contribution in [1.29, 1.82) is 5.26 Å². The molecule has 2 rings (SSSR count). The van der Waals surface area contributed by atoms with Gasteiger partial charge in [-0.2, -0.15) is 5.26 Å². The molecule has 7 nitrogen and oxygen atoms in total. The Kier molecular flexibility index (Phi) is 3.86. The fraction of sp³-hybridized carbons (Fsp3) is 0.154. The number of aryl methyl sites for hydroxylation is 1. The van der Waals surface area contributed by atoms with Crippen LogP contribution in [0, 0.1) is 28.4 Å². The van der Waals surface area contributed by atoms with Gasteiger partial charge in [0.05, 0.1) is 29.1 Å². The van der Waals surface area contributed by atoms with Crippen molar-refractivity contribution in [2.75, 3.05) is 5.32 Å². The number of nitro groups is 1. The van der Waals surface area contributed by atoms with Crippen LogP contribution in [0.3, 0.4) is 0 Å². The third-order valence-electron chi connectivity index (χ3n) is 2.62. The lowest BCUT2D eigenvalue weighted by Gasteiger charge is -2.06. The molecule has 100 valence electrons. The van der Waals surface area contributed by atoms with Crippen molar-refractivity contribution in [3.05, 3.63) is 57.7 Å². The molecule has 2 aromatic rings. The minimum absolute atomic E-state index is 0.0231. The lowest BCUT2D eigenvalue weighted by molar-refractivity contribution is -0.385. The van der Waals surface area contributed by atoms with Crippen LogP contribution in [-0.4, -0.2) is 14.9 Å². The van der Waals surface area contributed by atoms with Crippen molar-refractivity contribution >= 4 is 11.4 Å². The van der Waals surface area contributed by atoms with Gasteiger partial charge in [0.25, 0.3) is 5.69 Å². The average molecular weight is 269 g/mol. The van der Waals surface area contributed by atoms with E-state index in [0.717, 1.165) is 11.4 Å². The molecule has 1 aromatic carbocycles. The predicted molar refractivity (Wildman–Crippen MR) is 71.9 cm³/mol. The summed E-state index contributed by atoms with van der Waals surface area (Å²) < 4.78 is 0. The molecule has 0 saturated carbocycles. The minimum atomic E-state index is -0.576. The summed E-state index contributed by atoms with van der Waals surface area (Å²) in [5.74, 6) is 0. The van der Waals surface area contributed by atoms with Gasteiger partial charge in [-0.15, -0.1) is 0 Å². The molecule has 0 aliphatic rings. The number of anilines is 1. The van der Waals surface area contributed by atoms with Crippen molar-refractivity contribution in [3.63, 3.8) is 0 Å². The Labute approximate surface area is 115 Å². The molecule has 0 saturated heterocycles. The highest BCUT2D eigenvalue weighted by atomic mass is 16.6. The van der Waals surface area contributed by atoms with Gasteiger partial charge in [0.15, 0.2) is 0 Å². The van der Waals surface area contributed by atoms with E-state index in [1.54, 1.807) is 18.5 Å². The maximum absolute atomic E-state index is 10.7. The largest absolute Gasteiger partial charge is 0.379 e. The van der Waals surface area contributed by atoms with Crippen LogP contribution in [0.15, 0.2) is 30.6 Å². The zero-order chi connectivity index (χ0) is 14.5. The summed E-state index contributed by atoms with van der Waals surface area (Å²) in [7, 11) is 0. The number of hydrogen-bond donors (Lipinski definition) is 1. The molecule has 1 aromatic heterocycles. The van der Waals surface area contributed by atoms with E-state index >= 15 is 0 Å². The van der Waals surface area contributed by atoms with E-state index in [2.05, 4.69) is 15.3 Å². The van der Waals surface area contributed by atoms with Crippen molar-refractivity contribution in [3.8, 4) is 6.07 Å². The number of nitriles is 1. The molecule has 0 radical (unpaired) electrons. The Bertz CT molecular complexity index is 676. The quantitative estimate of drug-likeness (QED) is 0.673. The molecule has 1 N–H and O–H groups in total. The smallest absolute Gasteiger partial charge is 0.287 e. The van der Waals surface area contributed by atoms with E-state index in [9.17, 15) is 10.1 Å². The highest BCUT2D eigenvalue weighted by molar-refractivity contribution is 5.58. The van der Waals surface area contributed by atoms with Crippen LogP contribution < -0.4 is 5.32 Å². The van der Waals surface area contributed by atoms with E-state index < -0.39 is 4.92 Å². The number of hydrogen-bond acceptors (Lipinski definition) is 6. The molecule has 0 spiro atoms. The Morgan fingerprint density at radius 2 is 2.20 bits per heavy atom. The van der Waals surface area contributed by atoms with Gasteiger partial charge < -0.3 is 5.32 Å². The first-order chi connectivity index (χ1) is 9.60. The molecule has 20 heavy (non-hydrogen) atoms. The first kappa shape index (κ1) is 13.4. The first-order valence-electron chi connectivity index (χ1n) is 5.80. The number of aromatic nitrogens is 2. The predicted octanol–water partition coefficient (Wildman–Crippen LogP) is 2.18. The van der Waals surface area contributed by atoms with Gasteiger partial charge >= 0.3 is 0 Å². The highest BCUT2D eigenvalue weighted by Gasteiger charge is 2.13. The molecule has 0 unspecified atom stereocenters. The molecule has 0 atom stereocenters. The van der Waals surface area contributed by atoms with Gasteiger partial charge in [0.1, 0.15) is 11.6 Å². The van der Waals surface area contributed by atoms with Crippen molar-refractivity contribution < 1.29 is 4.92 Å². The second-order valence-electron chi connectivity index (χ2n) is 4.10. The fourth-order valence-corrected chi connectivity index (χ4v) is 1.60. The summed E-state index contributed by atoms with van der Waals surface area (Å²) in [6.45, 7) is 2.27. The second-order valence-corrected chi connectivity index (χ2v) is 4.10. The molecule has 0 amide bonds. The van der Waals surface area contributed by atoms with E-state index in [1.165, 1.54) is 12.1 Å². The SMILES string of the molecule is Cc1cnc(CNc2ccc([N+](=O)[O-])c(C#N)c2)cn1. The van der Waals surface area contributed by atoms with E-state index in [0.29, 0.717) is 12.2 Å². The molecular formula is C13H11N5O2. The Morgan fingerprint density at radius 1 is 1.40 bits per heavy atom. The van der Waals surface area contributed by atoms with Gasteiger partial charge in [-0.1, -0.05) is 0 Å². The standard InChI is InChI=1S/C13H11N5O2/c1-9-6-16-12(7-15-9)8-17-11-2-3-13(18(19)20)10(4-11)5-14/h2-4,6-7,17H,8H2,1H3. The number of nitrogens with zero attached hydrogens (tertiary/aromatic N) is 4. The third kappa shape index (κ3) is 3.05. The summed E-state index contributed by atoms with van der Waals surface area (Å²) in [5, 5.41) is 22.7. The molecule has 0 aliphatic heterocycles. The summed E-state index contributed by atoms with van der Waals surface area (Å²) in [6.07, 6.45) is 3.31. The molecule has 0 aliphatic carbocycles. The Hall–Kier alpha value is -3.01. The van der Waals surface area contributed by atoms with Crippen LogP contribution in [0.2, 0.25) is 0 Å². The van der Waals surface area contributed by atoms with E-state index in [-0.39, 0.29) is 11.3 Å². The van der Waals surface area contributed by atoms with Crippen molar-refractivity contribution in [2.45, 2.75) is 13.5 Å². The second kappa shape index (κ2) is 5.75. The lowest BCUT2D eigenvalue weighted by Crippen LogP contribution is -2.03. The van der Waals surface area contributed by atoms with E-state index in [4.69, 9.17) is 5.26 Å². The number of rotatable bonds is 4. The summed E-state index contributed by atoms with van der Waals surface area (Å²) in [6, 6.07) is 6.12. The van der Waals surface area contributed by atoms with Gasteiger partial charge in [-0.05, 0) is 19.1 Å². The first-order valence-corrected chi connectivity index (χ1v) is 5.80.